The number of carbonyl (C=O) groups excluding carboxylic acids is 5. The van der Waals surface area contributed by atoms with Crippen LogP contribution in [0.25, 0.3) is 0 Å². The van der Waals surface area contributed by atoms with Crippen LogP contribution in [0.2, 0.25) is 0 Å². The van der Waals surface area contributed by atoms with E-state index in [-0.39, 0.29) is 47.5 Å². The van der Waals surface area contributed by atoms with Crippen LogP contribution in [0.4, 0.5) is 0 Å². The number of hydrogen-bond acceptors (Lipinski definition) is 7. The van der Waals surface area contributed by atoms with Crippen LogP contribution in [-0.4, -0.2) is 108 Å². The molecule has 11 heteroatoms. The molecule has 0 aromatic heterocycles. The number of methoxy groups -OCH3 is 1. The van der Waals surface area contributed by atoms with Crippen molar-refractivity contribution in [2.75, 3.05) is 27.2 Å². The summed E-state index contributed by atoms with van der Waals surface area (Å²) in [6, 6.07) is -2.72. The zero-order chi connectivity index (χ0) is 35.8. The monoisotopic (exact) mass is 661 g/mol. The molecule has 0 spiro atoms. The van der Waals surface area contributed by atoms with Gasteiger partial charge in [0.1, 0.15) is 18.1 Å². The molecule has 0 radical (unpaired) electrons. The van der Waals surface area contributed by atoms with Crippen LogP contribution in [0.15, 0.2) is 11.6 Å². The standard InChI is InChI=1S/C36H63N5O6/c1-22(2)20-26(35(46)47-12)37-31(42)28-17-15-19-41(28)33(44)25(7)21-29(23(3)4)39(11)34(45)30(36(8,9)10)38-32(43)27-16-13-14-18-40(27)24(5)6/h21-24,26-30H,13-20H2,1-12H3,(H,37,42)(H,38,43)/b25-21+/t26-,27+,28?,29+,30?/m0/s1. The molecule has 47 heavy (non-hydrogen) atoms. The fraction of sp³-hybridized carbons (Fsp3) is 0.806. The van der Waals surface area contributed by atoms with Crippen LogP contribution in [0.3, 0.4) is 0 Å². The van der Waals surface area contributed by atoms with E-state index in [1.54, 1.807) is 29.8 Å². The summed E-state index contributed by atoms with van der Waals surface area (Å²) in [5, 5.41) is 5.93. The van der Waals surface area contributed by atoms with Crippen molar-refractivity contribution < 1.29 is 28.7 Å². The molecule has 2 rings (SSSR count). The predicted molar refractivity (Wildman–Crippen MR) is 184 cm³/mol. The molecule has 0 aromatic carbocycles. The molecule has 2 N–H and O–H groups in total. The van der Waals surface area contributed by atoms with Gasteiger partial charge in [-0.25, -0.2) is 4.79 Å². The van der Waals surface area contributed by atoms with E-state index in [0.717, 1.165) is 25.8 Å². The molecule has 11 nitrogen and oxygen atoms in total. The Balaban J connectivity index is 2.27. The molecule has 2 saturated heterocycles. The maximum atomic E-state index is 14.2. The highest BCUT2D eigenvalue weighted by molar-refractivity contribution is 5.98. The van der Waals surface area contributed by atoms with Crippen LogP contribution in [-0.2, 0) is 28.7 Å². The number of ether oxygens (including phenoxy) is 1. The average molecular weight is 662 g/mol. The quantitative estimate of drug-likeness (QED) is 0.226. The lowest BCUT2D eigenvalue weighted by Gasteiger charge is -2.41. The number of nitrogens with one attached hydrogen (secondary N) is 2. The first kappa shape index (κ1) is 40.2. The van der Waals surface area contributed by atoms with Crippen molar-refractivity contribution in [3.63, 3.8) is 0 Å². The normalized spacial score (nSPS) is 21.4. The number of amides is 4. The largest absolute Gasteiger partial charge is 0.467 e. The molecule has 2 aliphatic rings. The van der Waals surface area contributed by atoms with Crippen LogP contribution in [0, 0.1) is 17.3 Å². The SMILES string of the molecule is COC(=O)[C@H](CC(C)C)NC(=O)C1CCCN1C(=O)/C(C)=C/[C@H](C(C)C)N(C)C(=O)C(NC(=O)[C@H]1CCCCN1C(C)C)C(C)(C)C. The second-order valence-corrected chi connectivity index (χ2v) is 15.6. The molecule has 0 aromatic rings. The Morgan fingerprint density at radius 1 is 0.894 bits per heavy atom. The number of likely N-dealkylation sites (tertiary alicyclic amines) is 2. The third-order valence-electron chi connectivity index (χ3n) is 9.47. The fourth-order valence-electron chi connectivity index (χ4n) is 6.77. The van der Waals surface area contributed by atoms with E-state index in [1.165, 1.54) is 7.11 Å². The molecule has 2 fully saturated rings. The fourth-order valence-corrected chi connectivity index (χ4v) is 6.77. The summed E-state index contributed by atoms with van der Waals surface area (Å²) in [6.45, 7) is 20.9. The summed E-state index contributed by atoms with van der Waals surface area (Å²) < 4.78 is 4.90. The first-order valence-electron chi connectivity index (χ1n) is 17.5. The van der Waals surface area contributed by atoms with E-state index in [4.69, 9.17) is 4.74 Å². The Morgan fingerprint density at radius 3 is 2.02 bits per heavy atom. The van der Waals surface area contributed by atoms with Crippen LogP contribution in [0.5, 0.6) is 0 Å². The molecule has 0 saturated carbocycles. The molecule has 0 aliphatic carbocycles. The number of esters is 1. The highest BCUT2D eigenvalue weighted by Crippen LogP contribution is 2.27. The predicted octanol–water partition coefficient (Wildman–Crippen LogP) is 3.90. The topological polar surface area (TPSA) is 128 Å². The van der Waals surface area contributed by atoms with Crippen LogP contribution >= 0.6 is 0 Å². The molecule has 268 valence electrons. The third kappa shape index (κ3) is 10.8. The summed E-state index contributed by atoms with van der Waals surface area (Å²) in [4.78, 5) is 72.7. The Labute approximate surface area is 283 Å². The summed E-state index contributed by atoms with van der Waals surface area (Å²) in [5.74, 6) is -1.37. The van der Waals surface area contributed by atoms with Gasteiger partial charge >= 0.3 is 5.97 Å². The van der Waals surface area contributed by atoms with Crippen molar-refractivity contribution in [1.29, 1.82) is 0 Å². The lowest BCUT2D eigenvalue weighted by atomic mass is 9.84. The minimum absolute atomic E-state index is 0.0349. The van der Waals surface area contributed by atoms with E-state index in [1.807, 2.05) is 48.5 Å². The van der Waals surface area contributed by atoms with Gasteiger partial charge in [0.25, 0.3) is 0 Å². The minimum Gasteiger partial charge on any atom is -0.467 e. The van der Waals surface area contributed by atoms with E-state index >= 15 is 0 Å². The second-order valence-electron chi connectivity index (χ2n) is 15.6. The number of hydrogen-bond donors (Lipinski definition) is 2. The van der Waals surface area contributed by atoms with Crippen molar-refractivity contribution >= 4 is 29.6 Å². The smallest absolute Gasteiger partial charge is 0.328 e. The molecule has 2 aliphatic heterocycles. The van der Waals surface area contributed by atoms with Crippen molar-refractivity contribution in [1.82, 2.24) is 25.3 Å². The van der Waals surface area contributed by atoms with Gasteiger partial charge in [-0.05, 0) is 76.7 Å². The lowest BCUT2D eigenvalue weighted by molar-refractivity contribution is -0.146. The van der Waals surface area contributed by atoms with Crippen LogP contribution in [0.1, 0.15) is 108 Å². The summed E-state index contributed by atoms with van der Waals surface area (Å²) >= 11 is 0. The number of nitrogens with zero attached hydrogens (tertiary/aromatic N) is 3. The van der Waals surface area contributed by atoms with E-state index in [9.17, 15) is 24.0 Å². The maximum absolute atomic E-state index is 14.2. The van der Waals surface area contributed by atoms with Gasteiger partial charge in [0, 0.05) is 25.2 Å². The van der Waals surface area contributed by atoms with Gasteiger partial charge in [-0.2, -0.15) is 0 Å². The number of carbonyl (C=O) groups is 5. The first-order valence-corrected chi connectivity index (χ1v) is 17.5. The average Bonchev–Trinajstić information content (AvgIpc) is 3.49. The lowest BCUT2D eigenvalue weighted by Crippen LogP contribution is -2.60. The van der Waals surface area contributed by atoms with Crippen LogP contribution < -0.4 is 10.6 Å². The van der Waals surface area contributed by atoms with E-state index < -0.39 is 35.6 Å². The van der Waals surface area contributed by atoms with Crippen molar-refractivity contribution in [2.45, 2.75) is 144 Å². The number of likely N-dealkylation sites (N-methyl/N-ethyl adjacent to an activating group) is 1. The minimum atomic E-state index is -0.783. The summed E-state index contributed by atoms with van der Waals surface area (Å²) in [7, 11) is 3.02. The second kappa shape index (κ2) is 17.4. The van der Waals surface area contributed by atoms with Gasteiger partial charge < -0.3 is 25.2 Å². The van der Waals surface area contributed by atoms with Crippen molar-refractivity contribution in [2.24, 2.45) is 17.3 Å². The van der Waals surface area contributed by atoms with Gasteiger partial charge in [-0.15, -0.1) is 0 Å². The van der Waals surface area contributed by atoms with Crippen molar-refractivity contribution in [3.8, 4) is 0 Å². The molecule has 0 bridgehead atoms. The summed E-state index contributed by atoms with van der Waals surface area (Å²) in [5.41, 5.74) is -0.122. The molecule has 2 unspecified atom stereocenters. The Hall–Kier alpha value is -2.95. The molecule has 2 heterocycles. The van der Waals surface area contributed by atoms with E-state index in [0.29, 0.717) is 31.4 Å². The van der Waals surface area contributed by atoms with Gasteiger partial charge in [-0.3, -0.25) is 24.1 Å². The van der Waals surface area contributed by atoms with Gasteiger partial charge in [0.2, 0.25) is 23.6 Å². The third-order valence-corrected chi connectivity index (χ3v) is 9.47. The first-order chi connectivity index (χ1) is 21.8. The maximum Gasteiger partial charge on any atom is 0.328 e. The van der Waals surface area contributed by atoms with Gasteiger partial charge in [-0.1, -0.05) is 61.0 Å². The highest BCUT2D eigenvalue weighted by Gasteiger charge is 2.41. The number of piperidine rings is 1. The number of rotatable bonds is 13. The molecular formula is C36H63N5O6. The van der Waals surface area contributed by atoms with E-state index in [2.05, 4.69) is 29.4 Å². The Bertz CT molecular complexity index is 1140. The molecule has 5 atom stereocenters. The Kier molecular flexibility index (Phi) is 14.9. The zero-order valence-electron chi connectivity index (χ0n) is 31.1. The van der Waals surface area contributed by atoms with Gasteiger partial charge in [0.05, 0.1) is 19.2 Å². The summed E-state index contributed by atoms with van der Waals surface area (Å²) in [6.07, 6.45) is 6.19. The Morgan fingerprint density at radius 2 is 1.49 bits per heavy atom. The highest BCUT2D eigenvalue weighted by atomic mass is 16.5. The van der Waals surface area contributed by atoms with Crippen molar-refractivity contribution in [3.05, 3.63) is 11.6 Å². The van der Waals surface area contributed by atoms with Gasteiger partial charge in [0.15, 0.2) is 0 Å². The molecular weight excluding hydrogens is 598 g/mol. The zero-order valence-corrected chi connectivity index (χ0v) is 31.1. The molecule has 4 amide bonds.